The lowest BCUT2D eigenvalue weighted by molar-refractivity contribution is -0.140. The van der Waals surface area contributed by atoms with Crippen molar-refractivity contribution in [3.8, 4) is 0 Å². The number of hydrogen-bond acceptors (Lipinski definition) is 5. The average Bonchev–Trinajstić information content (AvgIpc) is 3.42. The predicted molar refractivity (Wildman–Crippen MR) is 114 cm³/mol. The van der Waals surface area contributed by atoms with Crippen molar-refractivity contribution in [2.75, 3.05) is 0 Å². The summed E-state index contributed by atoms with van der Waals surface area (Å²) in [6, 6.07) is 12.0. The average molecular weight is 414 g/mol. The number of aryl methyl sites for hydroxylation is 2. The molecule has 0 saturated carbocycles. The molecule has 2 aliphatic rings. The van der Waals surface area contributed by atoms with Gasteiger partial charge in [-0.2, -0.15) is 0 Å². The van der Waals surface area contributed by atoms with Crippen LogP contribution in [0.25, 0.3) is 5.76 Å². The number of fused-ring (bicyclic) bond motifs is 1. The van der Waals surface area contributed by atoms with Gasteiger partial charge in [0.05, 0.1) is 11.8 Å². The molecule has 3 aromatic rings. The maximum atomic E-state index is 13.0. The minimum Gasteiger partial charge on any atom is -0.507 e. The van der Waals surface area contributed by atoms with Gasteiger partial charge in [-0.3, -0.25) is 14.6 Å². The number of hydrogen-bond donors (Lipinski definition) is 1. The van der Waals surface area contributed by atoms with Crippen molar-refractivity contribution in [3.63, 3.8) is 0 Å². The lowest BCUT2D eigenvalue weighted by Gasteiger charge is -2.23. The number of Topliss-reactive ketones (excluding diaryl/α,β-unsaturated/α-hetero) is 1. The molecule has 6 heteroatoms. The van der Waals surface area contributed by atoms with Gasteiger partial charge < -0.3 is 14.4 Å². The molecule has 2 aromatic heterocycles. The van der Waals surface area contributed by atoms with Crippen molar-refractivity contribution in [3.05, 3.63) is 94.7 Å². The molecule has 1 N–H and O–H groups in total. The molecule has 1 saturated heterocycles. The van der Waals surface area contributed by atoms with Gasteiger partial charge in [-0.05, 0) is 66.6 Å². The Morgan fingerprint density at radius 2 is 1.94 bits per heavy atom. The van der Waals surface area contributed by atoms with Crippen molar-refractivity contribution >= 4 is 17.4 Å². The summed E-state index contributed by atoms with van der Waals surface area (Å²) in [5, 5.41) is 11.2. The summed E-state index contributed by atoms with van der Waals surface area (Å²) in [4.78, 5) is 31.5. The van der Waals surface area contributed by atoms with E-state index in [9.17, 15) is 14.7 Å². The number of pyridine rings is 1. The quantitative estimate of drug-likeness (QED) is 0.393. The molecule has 1 aromatic carbocycles. The Kier molecular flexibility index (Phi) is 4.90. The van der Waals surface area contributed by atoms with Crippen LogP contribution in [0.2, 0.25) is 0 Å². The number of benzene rings is 1. The Bertz CT molecular complexity index is 1170. The van der Waals surface area contributed by atoms with Crippen LogP contribution in [0.1, 0.15) is 46.9 Å². The van der Waals surface area contributed by atoms with Crippen molar-refractivity contribution in [2.45, 2.75) is 38.3 Å². The first-order chi connectivity index (χ1) is 15.1. The summed E-state index contributed by atoms with van der Waals surface area (Å²) in [6.45, 7) is 0.185. The number of carbonyl (C=O) groups excluding carboxylic acids is 2. The number of ketones is 1. The second kappa shape index (κ2) is 7.87. The highest BCUT2D eigenvalue weighted by molar-refractivity contribution is 6.46. The third-order valence-electron chi connectivity index (χ3n) is 6.05. The molecule has 31 heavy (non-hydrogen) atoms. The van der Waals surface area contributed by atoms with Crippen molar-refractivity contribution < 1.29 is 19.1 Å². The number of likely N-dealkylation sites (tertiary alicyclic amines) is 1. The fourth-order valence-corrected chi connectivity index (χ4v) is 4.51. The number of aliphatic hydroxyl groups excluding tert-OH is 1. The van der Waals surface area contributed by atoms with Gasteiger partial charge in [0, 0.05) is 24.5 Å². The zero-order valence-electron chi connectivity index (χ0n) is 17.0. The van der Waals surface area contributed by atoms with Crippen LogP contribution < -0.4 is 0 Å². The first-order valence-corrected chi connectivity index (χ1v) is 10.5. The topological polar surface area (TPSA) is 83.6 Å². The SMILES string of the molecule is O=C1C(=O)N(Cc2cccnc2)C(c2ccco2)/C1=C(/O)c1ccc2c(c1)CCCC2. The first kappa shape index (κ1) is 19.3. The number of furan rings is 1. The molecule has 156 valence electrons. The molecule has 0 radical (unpaired) electrons. The summed E-state index contributed by atoms with van der Waals surface area (Å²) in [5.74, 6) is -1.10. The first-order valence-electron chi connectivity index (χ1n) is 10.5. The maximum absolute atomic E-state index is 13.0. The molecule has 1 aliphatic heterocycles. The van der Waals surface area contributed by atoms with Gasteiger partial charge in [-0.1, -0.05) is 18.2 Å². The monoisotopic (exact) mass is 414 g/mol. The Labute approximate surface area is 179 Å². The smallest absolute Gasteiger partial charge is 0.296 e. The second-order valence-electron chi connectivity index (χ2n) is 7.99. The molecule has 0 spiro atoms. The van der Waals surface area contributed by atoms with E-state index >= 15 is 0 Å². The molecule has 1 unspecified atom stereocenters. The highest BCUT2D eigenvalue weighted by Gasteiger charge is 2.47. The maximum Gasteiger partial charge on any atom is 0.296 e. The number of rotatable bonds is 4. The Balaban J connectivity index is 1.60. The van der Waals surface area contributed by atoms with Gasteiger partial charge in [-0.15, -0.1) is 0 Å². The summed E-state index contributed by atoms with van der Waals surface area (Å²) in [7, 11) is 0. The van der Waals surface area contributed by atoms with Gasteiger partial charge in [0.15, 0.2) is 0 Å². The molecule has 0 bridgehead atoms. The zero-order chi connectivity index (χ0) is 21.4. The van der Waals surface area contributed by atoms with Crippen LogP contribution >= 0.6 is 0 Å². The van der Waals surface area contributed by atoms with E-state index in [-0.39, 0.29) is 17.9 Å². The predicted octanol–water partition coefficient (Wildman–Crippen LogP) is 4.18. The van der Waals surface area contributed by atoms with E-state index in [0.29, 0.717) is 11.3 Å². The molecular weight excluding hydrogens is 392 g/mol. The third-order valence-corrected chi connectivity index (χ3v) is 6.05. The molecule has 1 fully saturated rings. The van der Waals surface area contributed by atoms with E-state index in [1.807, 2.05) is 24.3 Å². The van der Waals surface area contributed by atoms with E-state index in [0.717, 1.165) is 31.2 Å². The minimum absolute atomic E-state index is 0.0552. The van der Waals surface area contributed by atoms with Crippen LogP contribution in [0.5, 0.6) is 0 Å². The zero-order valence-corrected chi connectivity index (χ0v) is 17.0. The van der Waals surface area contributed by atoms with Gasteiger partial charge in [0.2, 0.25) is 0 Å². The highest BCUT2D eigenvalue weighted by Crippen LogP contribution is 2.40. The molecular formula is C25H22N2O4. The van der Waals surface area contributed by atoms with Gasteiger partial charge in [0.25, 0.3) is 11.7 Å². The molecule has 6 nitrogen and oxygen atoms in total. The number of aliphatic hydroxyl groups is 1. The summed E-state index contributed by atoms with van der Waals surface area (Å²) >= 11 is 0. The summed E-state index contributed by atoms with van der Waals surface area (Å²) in [5.41, 5.74) is 3.86. The fourth-order valence-electron chi connectivity index (χ4n) is 4.51. The van der Waals surface area contributed by atoms with Gasteiger partial charge >= 0.3 is 0 Å². The molecule has 3 heterocycles. The Hall–Kier alpha value is -3.67. The second-order valence-corrected chi connectivity index (χ2v) is 7.99. The number of aromatic nitrogens is 1. The van der Waals surface area contributed by atoms with Gasteiger partial charge in [-0.25, -0.2) is 0 Å². The molecule has 1 atom stereocenters. The van der Waals surface area contributed by atoms with Crippen molar-refractivity contribution in [1.29, 1.82) is 0 Å². The Morgan fingerprint density at radius 3 is 2.68 bits per heavy atom. The van der Waals surface area contributed by atoms with E-state index in [2.05, 4.69) is 4.98 Å². The summed E-state index contributed by atoms with van der Waals surface area (Å²) < 4.78 is 5.58. The molecule has 1 amide bonds. The van der Waals surface area contributed by atoms with Gasteiger partial charge in [0.1, 0.15) is 17.6 Å². The standard InChI is InChI=1S/C25H22N2O4/c28-23(19-10-9-17-6-1-2-7-18(17)13-19)21-22(20-8-4-12-31-20)27(25(30)24(21)29)15-16-5-3-11-26-14-16/h3-5,8-14,22,28H,1-2,6-7,15H2/b23-21-. The highest BCUT2D eigenvalue weighted by atomic mass is 16.3. The third kappa shape index (κ3) is 3.44. The molecule has 1 aliphatic carbocycles. The normalized spacial score (nSPS) is 20.1. The van der Waals surface area contributed by atoms with Crippen LogP contribution in [0.3, 0.4) is 0 Å². The lowest BCUT2D eigenvalue weighted by Crippen LogP contribution is -2.29. The summed E-state index contributed by atoms with van der Waals surface area (Å²) in [6.07, 6.45) is 9.05. The fraction of sp³-hybridized carbons (Fsp3) is 0.240. The largest absolute Gasteiger partial charge is 0.507 e. The number of carbonyl (C=O) groups is 2. The number of nitrogens with zero attached hydrogens (tertiary/aromatic N) is 2. The van der Waals surface area contributed by atoms with E-state index in [1.165, 1.54) is 22.3 Å². The lowest BCUT2D eigenvalue weighted by atomic mass is 9.89. The van der Waals surface area contributed by atoms with Crippen LogP contribution in [0.15, 0.2) is 71.1 Å². The van der Waals surface area contributed by atoms with Crippen molar-refractivity contribution in [2.24, 2.45) is 0 Å². The van der Waals surface area contributed by atoms with Crippen LogP contribution in [-0.4, -0.2) is 26.7 Å². The van der Waals surface area contributed by atoms with Crippen LogP contribution in [0.4, 0.5) is 0 Å². The van der Waals surface area contributed by atoms with Crippen LogP contribution in [0, 0.1) is 0 Å². The van der Waals surface area contributed by atoms with E-state index in [1.54, 1.807) is 30.6 Å². The minimum atomic E-state index is -0.800. The molecule has 5 rings (SSSR count). The van der Waals surface area contributed by atoms with E-state index in [4.69, 9.17) is 4.42 Å². The number of amides is 1. The van der Waals surface area contributed by atoms with E-state index < -0.39 is 17.7 Å². The van der Waals surface area contributed by atoms with Crippen molar-refractivity contribution in [1.82, 2.24) is 9.88 Å². The van der Waals surface area contributed by atoms with Crippen LogP contribution in [-0.2, 0) is 29.0 Å². The Morgan fingerprint density at radius 1 is 1.10 bits per heavy atom.